The van der Waals surface area contributed by atoms with Crippen LogP contribution < -0.4 is 5.32 Å². The van der Waals surface area contributed by atoms with E-state index in [1.165, 1.54) is 16.8 Å². The molecule has 0 aliphatic heterocycles. The van der Waals surface area contributed by atoms with Crippen LogP contribution in [0.3, 0.4) is 0 Å². The minimum atomic E-state index is 0.304. The molecule has 0 saturated carbocycles. The molecule has 2 rings (SSSR count). The molecule has 3 heteroatoms. The van der Waals surface area contributed by atoms with Gasteiger partial charge >= 0.3 is 0 Å². The van der Waals surface area contributed by atoms with Crippen LogP contribution in [-0.2, 0) is 19.9 Å². The van der Waals surface area contributed by atoms with E-state index >= 15 is 0 Å². The van der Waals surface area contributed by atoms with E-state index in [2.05, 4.69) is 47.7 Å². The van der Waals surface area contributed by atoms with Crippen LogP contribution in [0, 0.1) is 6.92 Å². The van der Waals surface area contributed by atoms with E-state index in [0.717, 1.165) is 18.5 Å². The molecule has 1 aromatic carbocycles. The van der Waals surface area contributed by atoms with Gasteiger partial charge in [-0.1, -0.05) is 31.2 Å². The van der Waals surface area contributed by atoms with Crippen LogP contribution in [0.1, 0.15) is 35.5 Å². The molecule has 0 aliphatic carbocycles. The fraction of sp³-hybridized carbons (Fsp3) is 0.438. The van der Waals surface area contributed by atoms with Crippen molar-refractivity contribution < 1.29 is 0 Å². The van der Waals surface area contributed by atoms with Crippen molar-refractivity contribution in [2.24, 2.45) is 7.05 Å². The van der Waals surface area contributed by atoms with Crippen molar-refractivity contribution in [2.45, 2.75) is 32.7 Å². The second-order valence-electron chi connectivity index (χ2n) is 5.05. The highest BCUT2D eigenvalue weighted by Gasteiger charge is 2.14. The third kappa shape index (κ3) is 3.24. The molecule has 0 radical (unpaired) electrons. The third-order valence-corrected chi connectivity index (χ3v) is 3.61. The van der Waals surface area contributed by atoms with Crippen LogP contribution in [0.4, 0.5) is 0 Å². The van der Waals surface area contributed by atoms with Crippen LogP contribution in [0.5, 0.6) is 0 Å². The number of rotatable bonds is 5. The molecule has 1 unspecified atom stereocenters. The quantitative estimate of drug-likeness (QED) is 0.892. The summed E-state index contributed by atoms with van der Waals surface area (Å²) < 4.78 is 1.97. The highest BCUT2D eigenvalue weighted by molar-refractivity contribution is 5.25. The lowest BCUT2D eigenvalue weighted by Crippen LogP contribution is -2.21. The highest BCUT2D eigenvalue weighted by atomic mass is 15.3. The molecule has 3 nitrogen and oxygen atoms in total. The van der Waals surface area contributed by atoms with Crippen LogP contribution in [0.15, 0.2) is 30.3 Å². The fourth-order valence-electron chi connectivity index (χ4n) is 2.46. The minimum absolute atomic E-state index is 0.304. The van der Waals surface area contributed by atoms with Gasteiger partial charge in [0.1, 0.15) is 0 Å². The van der Waals surface area contributed by atoms with Gasteiger partial charge < -0.3 is 5.32 Å². The second-order valence-corrected chi connectivity index (χ2v) is 5.05. The Hall–Kier alpha value is -1.61. The molecular formula is C16H23N3. The largest absolute Gasteiger partial charge is 0.311 e. The van der Waals surface area contributed by atoms with Crippen molar-refractivity contribution in [2.75, 3.05) is 7.05 Å². The van der Waals surface area contributed by atoms with Crippen molar-refractivity contribution >= 4 is 0 Å². The molecule has 1 N–H and O–H groups in total. The molecule has 0 aliphatic rings. The van der Waals surface area contributed by atoms with E-state index in [-0.39, 0.29) is 0 Å². The number of hydrogen-bond donors (Lipinski definition) is 1. The fourth-order valence-corrected chi connectivity index (χ4v) is 2.46. The lowest BCUT2D eigenvalue weighted by molar-refractivity contribution is 0.537. The van der Waals surface area contributed by atoms with E-state index in [0.29, 0.717) is 6.04 Å². The Morgan fingerprint density at radius 1 is 1.21 bits per heavy atom. The lowest BCUT2D eigenvalue weighted by atomic mass is 10.0. The van der Waals surface area contributed by atoms with E-state index in [4.69, 9.17) is 0 Å². The summed E-state index contributed by atoms with van der Waals surface area (Å²) in [6.07, 6.45) is 2.08. The van der Waals surface area contributed by atoms with Crippen molar-refractivity contribution in [3.8, 4) is 0 Å². The smallest absolute Gasteiger partial charge is 0.0597 e. The topological polar surface area (TPSA) is 29.9 Å². The van der Waals surface area contributed by atoms with Gasteiger partial charge in [-0.05, 0) is 44.0 Å². The van der Waals surface area contributed by atoms with Crippen LogP contribution in [0.25, 0.3) is 0 Å². The Kier molecular flexibility index (Phi) is 4.38. The highest BCUT2D eigenvalue weighted by Crippen LogP contribution is 2.19. The first kappa shape index (κ1) is 13.8. The Labute approximate surface area is 115 Å². The van der Waals surface area contributed by atoms with E-state index < -0.39 is 0 Å². The number of nitrogens with zero attached hydrogens (tertiary/aromatic N) is 2. The zero-order chi connectivity index (χ0) is 13.8. The molecule has 0 fully saturated rings. The lowest BCUT2D eigenvalue weighted by Gasteiger charge is -2.16. The molecule has 19 heavy (non-hydrogen) atoms. The molecule has 0 spiro atoms. The second kappa shape index (κ2) is 6.02. The zero-order valence-corrected chi connectivity index (χ0v) is 12.3. The Balaban J connectivity index is 2.16. The summed E-state index contributed by atoms with van der Waals surface area (Å²) in [4.78, 5) is 0. The normalized spacial score (nSPS) is 12.6. The van der Waals surface area contributed by atoms with E-state index in [1.807, 2.05) is 25.7 Å². The number of hydrogen-bond acceptors (Lipinski definition) is 2. The molecule has 102 valence electrons. The molecule has 2 aromatic rings. The predicted octanol–water partition coefficient (Wildman–Crippen LogP) is 2.79. The summed E-state index contributed by atoms with van der Waals surface area (Å²) in [7, 11) is 4.01. The Bertz CT molecular complexity index is 525. The van der Waals surface area contributed by atoms with Crippen LogP contribution in [-0.4, -0.2) is 16.8 Å². The van der Waals surface area contributed by atoms with Gasteiger partial charge in [-0.15, -0.1) is 0 Å². The van der Waals surface area contributed by atoms with Crippen LogP contribution >= 0.6 is 0 Å². The van der Waals surface area contributed by atoms with Crippen molar-refractivity contribution in [1.82, 2.24) is 15.1 Å². The maximum absolute atomic E-state index is 4.43. The first-order valence-corrected chi connectivity index (χ1v) is 6.89. The van der Waals surface area contributed by atoms with Gasteiger partial charge in [-0.2, -0.15) is 5.10 Å². The van der Waals surface area contributed by atoms with Gasteiger partial charge in [-0.25, -0.2) is 0 Å². The molecule has 1 heterocycles. The first-order valence-electron chi connectivity index (χ1n) is 6.89. The molecule has 0 amide bonds. The van der Waals surface area contributed by atoms with Crippen molar-refractivity contribution in [3.05, 3.63) is 52.8 Å². The molecule has 1 atom stereocenters. The minimum Gasteiger partial charge on any atom is -0.311 e. The summed E-state index contributed by atoms with van der Waals surface area (Å²) in [6, 6.07) is 11.4. The first-order chi connectivity index (χ1) is 9.13. The summed E-state index contributed by atoms with van der Waals surface area (Å²) >= 11 is 0. The number of likely N-dealkylation sites (N-methyl/N-ethyl adjacent to an activating group) is 1. The maximum atomic E-state index is 4.43. The average Bonchev–Trinajstić information content (AvgIpc) is 2.75. The number of aromatic nitrogens is 2. The van der Waals surface area contributed by atoms with Gasteiger partial charge in [0.05, 0.1) is 17.4 Å². The van der Waals surface area contributed by atoms with Gasteiger partial charge in [0.25, 0.3) is 0 Å². The van der Waals surface area contributed by atoms with Crippen LogP contribution in [0.2, 0.25) is 0 Å². The van der Waals surface area contributed by atoms with Gasteiger partial charge in [0.2, 0.25) is 0 Å². The molecular weight excluding hydrogens is 234 g/mol. The number of aryl methyl sites for hydroxylation is 3. The predicted molar refractivity (Wildman–Crippen MR) is 79.3 cm³/mol. The van der Waals surface area contributed by atoms with E-state index in [1.54, 1.807) is 0 Å². The Morgan fingerprint density at radius 2 is 1.84 bits per heavy atom. The number of nitrogens with one attached hydrogen (secondary N) is 1. The maximum Gasteiger partial charge on any atom is 0.0597 e. The van der Waals surface area contributed by atoms with Crippen molar-refractivity contribution in [1.29, 1.82) is 0 Å². The monoisotopic (exact) mass is 257 g/mol. The summed E-state index contributed by atoms with van der Waals surface area (Å²) in [5.74, 6) is 0. The van der Waals surface area contributed by atoms with Gasteiger partial charge in [-0.3, -0.25) is 4.68 Å². The third-order valence-electron chi connectivity index (χ3n) is 3.61. The number of benzene rings is 1. The SMILES string of the molecule is CCc1ccc(CC(NC)c2cc(C)nn2C)cc1. The zero-order valence-electron chi connectivity index (χ0n) is 12.3. The van der Waals surface area contributed by atoms with Gasteiger partial charge in [0.15, 0.2) is 0 Å². The summed E-state index contributed by atoms with van der Waals surface area (Å²) in [5.41, 5.74) is 5.05. The van der Waals surface area contributed by atoms with Gasteiger partial charge in [0, 0.05) is 7.05 Å². The van der Waals surface area contributed by atoms with Crippen molar-refractivity contribution in [3.63, 3.8) is 0 Å². The standard InChI is InChI=1S/C16H23N3/c1-5-13-6-8-14(9-7-13)11-15(17-3)16-10-12(2)18-19(16)4/h6-10,15,17H,5,11H2,1-4H3. The molecule has 1 aromatic heterocycles. The Morgan fingerprint density at radius 3 is 2.32 bits per heavy atom. The van der Waals surface area contributed by atoms with E-state index in [9.17, 15) is 0 Å². The summed E-state index contributed by atoms with van der Waals surface area (Å²) in [5, 5.41) is 7.81. The average molecular weight is 257 g/mol. The molecule has 0 saturated heterocycles. The molecule has 0 bridgehead atoms. The summed E-state index contributed by atoms with van der Waals surface area (Å²) in [6.45, 7) is 4.22.